The fourth-order valence-corrected chi connectivity index (χ4v) is 4.69. The van der Waals surface area contributed by atoms with Crippen molar-refractivity contribution in [3.63, 3.8) is 0 Å². The lowest BCUT2D eigenvalue weighted by molar-refractivity contribution is -0.120. The molecule has 1 N–H and O–H groups in total. The SMILES string of the molecule is CCOC(=O)N(C(C)=O)c1cc(Cl)ccc1C1=C(c2cccc(F)c2)NC(=O)C[C@@H]1c1ccc(Cl)cc1. The van der Waals surface area contributed by atoms with Gasteiger partial charge in [0.2, 0.25) is 11.8 Å². The van der Waals surface area contributed by atoms with E-state index in [1.54, 1.807) is 49.4 Å². The van der Waals surface area contributed by atoms with Gasteiger partial charge >= 0.3 is 6.09 Å². The third-order valence-corrected chi connectivity index (χ3v) is 6.40. The molecule has 0 radical (unpaired) electrons. The van der Waals surface area contributed by atoms with Crippen LogP contribution in [-0.2, 0) is 14.3 Å². The zero-order valence-electron chi connectivity index (χ0n) is 20.1. The minimum atomic E-state index is -0.866. The molecule has 6 nitrogen and oxygen atoms in total. The van der Waals surface area contributed by atoms with Crippen LogP contribution in [0.25, 0.3) is 11.3 Å². The fraction of sp³-hybridized carbons (Fsp3) is 0.179. The maximum absolute atomic E-state index is 14.3. The van der Waals surface area contributed by atoms with E-state index in [2.05, 4.69) is 5.32 Å². The molecule has 0 unspecified atom stereocenters. The average Bonchev–Trinajstić information content (AvgIpc) is 2.84. The van der Waals surface area contributed by atoms with Gasteiger partial charge in [-0.1, -0.05) is 53.5 Å². The minimum absolute atomic E-state index is 0.0548. The summed E-state index contributed by atoms with van der Waals surface area (Å²) in [5, 5.41) is 3.69. The van der Waals surface area contributed by atoms with Gasteiger partial charge in [0.05, 0.1) is 18.0 Å². The molecule has 3 aromatic carbocycles. The standard InChI is InChI=1S/C28H23Cl2FN2O4/c1-3-37-28(36)33(16(2)34)24-14-20(30)11-12-22(24)26-23(17-7-9-19(29)10-8-17)15-25(35)32-27(26)18-5-4-6-21(31)13-18/h4-14,23H,3,15H2,1-2H3,(H,32,35)/t23-/m1/s1. The molecule has 4 rings (SSSR count). The number of anilines is 1. The Morgan fingerprint density at radius 1 is 1.05 bits per heavy atom. The van der Waals surface area contributed by atoms with Crippen LogP contribution in [0.3, 0.4) is 0 Å². The Morgan fingerprint density at radius 3 is 2.41 bits per heavy atom. The molecule has 1 heterocycles. The van der Waals surface area contributed by atoms with E-state index in [1.807, 2.05) is 0 Å². The molecule has 0 aliphatic carbocycles. The largest absolute Gasteiger partial charge is 0.449 e. The summed E-state index contributed by atoms with van der Waals surface area (Å²) in [6, 6.07) is 17.6. The zero-order chi connectivity index (χ0) is 26.7. The van der Waals surface area contributed by atoms with Gasteiger partial charge in [-0.2, -0.15) is 0 Å². The number of carbonyl (C=O) groups excluding carboxylic acids is 3. The number of halogens is 3. The first-order chi connectivity index (χ1) is 17.7. The van der Waals surface area contributed by atoms with Gasteiger partial charge in [0.15, 0.2) is 0 Å². The molecule has 0 saturated carbocycles. The number of benzene rings is 3. The summed E-state index contributed by atoms with van der Waals surface area (Å²) >= 11 is 12.4. The molecule has 1 atom stereocenters. The predicted octanol–water partition coefficient (Wildman–Crippen LogP) is 6.81. The van der Waals surface area contributed by atoms with E-state index in [1.165, 1.54) is 31.2 Å². The van der Waals surface area contributed by atoms with Crippen LogP contribution in [0.5, 0.6) is 0 Å². The quantitative estimate of drug-likeness (QED) is 0.385. The van der Waals surface area contributed by atoms with Crippen molar-refractivity contribution < 1.29 is 23.5 Å². The number of nitrogens with one attached hydrogen (secondary N) is 1. The lowest BCUT2D eigenvalue weighted by Gasteiger charge is -2.32. The van der Waals surface area contributed by atoms with E-state index in [-0.39, 0.29) is 29.6 Å². The Kier molecular flexibility index (Phi) is 7.95. The number of amides is 3. The van der Waals surface area contributed by atoms with Crippen molar-refractivity contribution in [2.24, 2.45) is 0 Å². The van der Waals surface area contributed by atoms with Crippen molar-refractivity contribution in [3.05, 3.63) is 99.3 Å². The van der Waals surface area contributed by atoms with Crippen molar-refractivity contribution in [1.82, 2.24) is 5.32 Å². The number of ether oxygens (including phenoxy) is 1. The molecule has 0 bridgehead atoms. The molecule has 37 heavy (non-hydrogen) atoms. The Bertz CT molecular complexity index is 1410. The van der Waals surface area contributed by atoms with Gasteiger partial charge in [-0.15, -0.1) is 0 Å². The monoisotopic (exact) mass is 540 g/mol. The summed E-state index contributed by atoms with van der Waals surface area (Å²) < 4.78 is 19.4. The molecule has 3 aromatic rings. The van der Waals surface area contributed by atoms with Crippen LogP contribution in [0.15, 0.2) is 66.7 Å². The van der Waals surface area contributed by atoms with Gasteiger partial charge in [-0.3, -0.25) is 9.59 Å². The topological polar surface area (TPSA) is 75.7 Å². The van der Waals surface area contributed by atoms with Crippen LogP contribution in [0.4, 0.5) is 14.9 Å². The average molecular weight is 541 g/mol. The van der Waals surface area contributed by atoms with Gasteiger partial charge in [0.1, 0.15) is 5.82 Å². The highest BCUT2D eigenvalue weighted by Crippen LogP contribution is 2.46. The predicted molar refractivity (Wildman–Crippen MR) is 142 cm³/mol. The third-order valence-electron chi connectivity index (χ3n) is 5.91. The van der Waals surface area contributed by atoms with E-state index < -0.39 is 23.7 Å². The van der Waals surface area contributed by atoms with Gasteiger partial charge in [0, 0.05) is 40.4 Å². The minimum Gasteiger partial charge on any atom is -0.449 e. The molecule has 1 aliphatic heterocycles. The maximum Gasteiger partial charge on any atom is 0.421 e. The second-order valence-electron chi connectivity index (χ2n) is 8.37. The summed E-state index contributed by atoms with van der Waals surface area (Å²) in [7, 11) is 0. The first-order valence-electron chi connectivity index (χ1n) is 11.5. The highest BCUT2D eigenvalue weighted by atomic mass is 35.5. The highest BCUT2D eigenvalue weighted by Gasteiger charge is 2.34. The number of hydrogen-bond acceptors (Lipinski definition) is 4. The number of hydrogen-bond donors (Lipinski definition) is 1. The lowest BCUT2D eigenvalue weighted by Crippen LogP contribution is -2.37. The smallest absolute Gasteiger partial charge is 0.421 e. The Hall–Kier alpha value is -3.68. The Labute approximate surface area is 223 Å². The normalized spacial score (nSPS) is 15.3. The first kappa shape index (κ1) is 26.4. The molecule has 0 aromatic heterocycles. The molecule has 9 heteroatoms. The molecular formula is C28H23Cl2FN2O4. The van der Waals surface area contributed by atoms with Crippen LogP contribution in [0.2, 0.25) is 10.0 Å². The Balaban J connectivity index is 2.06. The second-order valence-corrected chi connectivity index (χ2v) is 9.24. The van der Waals surface area contributed by atoms with E-state index >= 15 is 0 Å². The fourth-order valence-electron chi connectivity index (χ4n) is 4.40. The van der Waals surface area contributed by atoms with Crippen molar-refractivity contribution in [2.75, 3.05) is 11.5 Å². The first-order valence-corrected chi connectivity index (χ1v) is 12.3. The van der Waals surface area contributed by atoms with Crippen molar-refractivity contribution >= 4 is 58.1 Å². The van der Waals surface area contributed by atoms with Crippen molar-refractivity contribution in [3.8, 4) is 0 Å². The summed E-state index contributed by atoms with van der Waals surface area (Å²) in [5.41, 5.74) is 2.76. The van der Waals surface area contributed by atoms with Crippen LogP contribution in [-0.4, -0.2) is 24.5 Å². The van der Waals surface area contributed by atoms with E-state index in [9.17, 15) is 18.8 Å². The van der Waals surface area contributed by atoms with E-state index in [0.29, 0.717) is 27.4 Å². The van der Waals surface area contributed by atoms with Gasteiger partial charge in [0.25, 0.3) is 0 Å². The Morgan fingerprint density at radius 2 is 1.76 bits per heavy atom. The number of allylic oxidation sites excluding steroid dienone is 1. The summed E-state index contributed by atoms with van der Waals surface area (Å²) in [5.74, 6) is -1.86. The second kappa shape index (κ2) is 11.2. The number of imide groups is 1. The molecule has 190 valence electrons. The van der Waals surface area contributed by atoms with Crippen LogP contribution in [0.1, 0.15) is 42.9 Å². The molecule has 0 spiro atoms. The molecular weight excluding hydrogens is 518 g/mol. The number of nitrogens with zero attached hydrogens (tertiary/aromatic N) is 1. The van der Waals surface area contributed by atoms with Crippen molar-refractivity contribution in [2.45, 2.75) is 26.2 Å². The van der Waals surface area contributed by atoms with Crippen LogP contribution < -0.4 is 10.2 Å². The summed E-state index contributed by atoms with van der Waals surface area (Å²) in [6.45, 7) is 2.93. The lowest BCUT2D eigenvalue weighted by atomic mass is 9.79. The van der Waals surface area contributed by atoms with Crippen LogP contribution >= 0.6 is 23.2 Å². The number of carbonyl (C=O) groups is 3. The van der Waals surface area contributed by atoms with E-state index in [0.717, 1.165) is 10.5 Å². The van der Waals surface area contributed by atoms with Crippen molar-refractivity contribution in [1.29, 1.82) is 0 Å². The molecule has 3 amide bonds. The molecule has 0 saturated heterocycles. The number of rotatable bonds is 5. The molecule has 1 aliphatic rings. The highest BCUT2D eigenvalue weighted by molar-refractivity contribution is 6.31. The third kappa shape index (κ3) is 5.68. The van der Waals surface area contributed by atoms with Gasteiger partial charge < -0.3 is 10.1 Å². The van der Waals surface area contributed by atoms with Gasteiger partial charge in [-0.25, -0.2) is 14.1 Å². The maximum atomic E-state index is 14.3. The summed E-state index contributed by atoms with van der Waals surface area (Å²) in [6.07, 6.45) is -0.800. The van der Waals surface area contributed by atoms with E-state index in [4.69, 9.17) is 27.9 Å². The summed E-state index contributed by atoms with van der Waals surface area (Å²) in [4.78, 5) is 39.3. The van der Waals surface area contributed by atoms with Crippen LogP contribution in [0, 0.1) is 5.82 Å². The van der Waals surface area contributed by atoms with Gasteiger partial charge in [-0.05, 0) is 54.5 Å². The molecule has 0 fully saturated rings. The zero-order valence-corrected chi connectivity index (χ0v) is 21.6.